The number of nitrogens with one attached hydrogen (secondary N) is 1. The largest absolute Gasteiger partial charge is 0.468 e. The van der Waals surface area contributed by atoms with Crippen molar-refractivity contribution < 1.29 is 9.21 Å². The molecule has 0 spiro atoms. The lowest BCUT2D eigenvalue weighted by molar-refractivity contribution is -0.116. The highest BCUT2D eigenvalue weighted by Gasteiger charge is 2.25. The summed E-state index contributed by atoms with van der Waals surface area (Å²) in [6, 6.07) is 13.8. The number of amides is 1. The second kappa shape index (κ2) is 7.79. The zero-order valence-corrected chi connectivity index (χ0v) is 13.2. The molecule has 120 valence electrons. The van der Waals surface area contributed by atoms with Crippen molar-refractivity contribution in [2.24, 2.45) is 0 Å². The predicted octanol–water partition coefficient (Wildman–Crippen LogP) is 3.25. The van der Waals surface area contributed by atoms with Crippen LogP contribution in [0.3, 0.4) is 0 Å². The van der Waals surface area contributed by atoms with Crippen LogP contribution < -0.4 is 5.32 Å². The average Bonchev–Trinajstić information content (AvgIpc) is 3.28. The molecule has 0 saturated carbocycles. The van der Waals surface area contributed by atoms with Gasteiger partial charge in [0.25, 0.3) is 0 Å². The molecule has 1 aliphatic heterocycles. The number of carbonyl (C=O) groups is 1. The van der Waals surface area contributed by atoms with Crippen LogP contribution in [-0.4, -0.2) is 30.4 Å². The normalized spacial score (nSPS) is 16.7. The third kappa shape index (κ3) is 4.33. The van der Waals surface area contributed by atoms with Crippen LogP contribution in [-0.2, 0) is 4.79 Å². The van der Waals surface area contributed by atoms with Gasteiger partial charge in [-0.25, -0.2) is 0 Å². The Morgan fingerprint density at radius 3 is 2.65 bits per heavy atom. The van der Waals surface area contributed by atoms with E-state index in [0.29, 0.717) is 6.54 Å². The Morgan fingerprint density at radius 2 is 1.96 bits per heavy atom. The van der Waals surface area contributed by atoms with Crippen LogP contribution in [0, 0.1) is 0 Å². The number of carbonyl (C=O) groups excluding carboxylic acids is 1. The Kier molecular flexibility index (Phi) is 5.27. The van der Waals surface area contributed by atoms with Gasteiger partial charge in [0.15, 0.2) is 0 Å². The van der Waals surface area contributed by atoms with E-state index < -0.39 is 0 Å². The molecule has 4 nitrogen and oxygen atoms in total. The van der Waals surface area contributed by atoms with Crippen molar-refractivity contribution in [3.05, 3.63) is 66.1 Å². The molecule has 4 heteroatoms. The van der Waals surface area contributed by atoms with Gasteiger partial charge in [-0.15, -0.1) is 0 Å². The van der Waals surface area contributed by atoms with Crippen molar-refractivity contribution in [1.29, 1.82) is 0 Å². The number of furan rings is 1. The summed E-state index contributed by atoms with van der Waals surface area (Å²) in [6.45, 7) is 2.67. The van der Waals surface area contributed by atoms with Crippen molar-refractivity contribution >= 4 is 12.0 Å². The van der Waals surface area contributed by atoms with Gasteiger partial charge in [-0.2, -0.15) is 0 Å². The Labute approximate surface area is 136 Å². The third-order valence-electron chi connectivity index (χ3n) is 4.15. The Hall–Kier alpha value is -2.33. The van der Waals surface area contributed by atoms with Gasteiger partial charge in [-0.05, 0) is 49.7 Å². The number of likely N-dealkylation sites (tertiary alicyclic amines) is 1. The molecule has 2 aromatic rings. The van der Waals surface area contributed by atoms with E-state index in [1.807, 2.05) is 48.5 Å². The van der Waals surface area contributed by atoms with E-state index in [-0.39, 0.29) is 11.9 Å². The summed E-state index contributed by atoms with van der Waals surface area (Å²) < 4.78 is 5.56. The zero-order valence-electron chi connectivity index (χ0n) is 13.2. The molecule has 2 heterocycles. The first-order valence-corrected chi connectivity index (χ1v) is 8.11. The Balaban J connectivity index is 1.58. The lowest BCUT2D eigenvalue weighted by Gasteiger charge is -2.25. The molecule has 1 N–H and O–H groups in total. The molecule has 3 rings (SSSR count). The van der Waals surface area contributed by atoms with Gasteiger partial charge >= 0.3 is 0 Å². The summed E-state index contributed by atoms with van der Waals surface area (Å²) >= 11 is 0. The minimum atomic E-state index is -0.0791. The maximum atomic E-state index is 12.1. The molecular weight excluding hydrogens is 288 g/mol. The van der Waals surface area contributed by atoms with Crippen molar-refractivity contribution in [2.75, 3.05) is 19.6 Å². The highest BCUT2D eigenvalue weighted by Crippen LogP contribution is 2.24. The van der Waals surface area contributed by atoms with Gasteiger partial charge in [-0.3, -0.25) is 9.69 Å². The molecule has 1 aromatic heterocycles. The van der Waals surface area contributed by atoms with Crippen LogP contribution in [0.15, 0.2) is 59.2 Å². The minimum Gasteiger partial charge on any atom is -0.468 e. The van der Waals surface area contributed by atoms with Gasteiger partial charge in [-0.1, -0.05) is 30.3 Å². The Morgan fingerprint density at radius 1 is 1.17 bits per heavy atom. The van der Waals surface area contributed by atoms with Crippen molar-refractivity contribution in [3.8, 4) is 0 Å². The van der Waals surface area contributed by atoms with E-state index in [4.69, 9.17) is 4.42 Å². The monoisotopic (exact) mass is 310 g/mol. The summed E-state index contributed by atoms with van der Waals surface area (Å²) in [6.07, 6.45) is 7.51. The molecule has 1 aliphatic rings. The number of hydrogen-bond acceptors (Lipinski definition) is 3. The fourth-order valence-electron chi connectivity index (χ4n) is 2.94. The van der Waals surface area contributed by atoms with Gasteiger partial charge in [0.05, 0.1) is 12.3 Å². The highest BCUT2D eigenvalue weighted by atomic mass is 16.3. The number of benzene rings is 1. The van der Waals surface area contributed by atoms with Crippen molar-refractivity contribution in [1.82, 2.24) is 10.2 Å². The van der Waals surface area contributed by atoms with E-state index in [2.05, 4.69) is 10.2 Å². The SMILES string of the molecule is O=C(/C=C/c1ccccc1)NCC(c1ccco1)N1CCCC1. The lowest BCUT2D eigenvalue weighted by atomic mass is 10.2. The standard InChI is InChI=1S/C19H22N2O2/c22-19(11-10-16-7-2-1-3-8-16)20-15-17(18-9-6-14-23-18)21-12-4-5-13-21/h1-3,6-11,14,17H,4-5,12-13,15H2,(H,20,22)/b11-10+. The minimum absolute atomic E-state index is 0.0791. The second-order valence-corrected chi connectivity index (χ2v) is 5.76. The van der Waals surface area contributed by atoms with E-state index >= 15 is 0 Å². The van der Waals surface area contributed by atoms with Crippen LogP contribution in [0.5, 0.6) is 0 Å². The van der Waals surface area contributed by atoms with E-state index in [9.17, 15) is 4.79 Å². The number of hydrogen-bond donors (Lipinski definition) is 1. The number of nitrogens with zero attached hydrogens (tertiary/aromatic N) is 1. The van der Waals surface area contributed by atoms with Gasteiger partial charge in [0.2, 0.25) is 5.91 Å². The smallest absolute Gasteiger partial charge is 0.244 e. The molecule has 1 unspecified atom stereocenters. The summed E-state index contributed by atoms with van der Waals surface area (Å²) in [5.41, 5.74) is 1.02. The topological polar surface area (TPSA) is 45.5 Å². The molecule has 1 saturated heterocycles. The molecule has 0 radical (unpaired) electrons. The highest BCUT2D eigenvalue weighted by molar-refractivity contribution is 5.91. The van der Waals surface area contributed by atoms with Crippen LogP contribution in [0.2, 0.25) is 0 Å². The third-order valence-corrected chi connectivity index (χ3v) is 4.15. The van der Waals surface area contributed by atoms with Gasteiger partial charge < -0.3 is 9.73 Å². The van der Waals surface area contributed by atoms with Crippen molar-refractivity contribution in [2.45, 2.75) is 18.9 Å². The lowest BCUT2D eigenvalue weighted by Crippen LogP contribution is -2.36. The molecule has 1 aromatic carbocycles. The maximum absolute atomic E-state index is 12.1. The summed E-state index contributed by atoms with van der Waals surface area (Å²) in [7, 11) is 0. The van der Waals surface area contributed by atoms with E-state index in [0.717, 1.165) is 24.4 Å². The fourth-order valence-corrected chi connectivity index (χ4v) is 2.94. The fraction of sp³-hybridized carbons (Fsp3) is 0.316. The average molecular weight is 310 g/mol. The summed E-state index contributed by atoms with van der Waals surface area (Å²) in [4.78, 5) is 14.4. The van der Waals surface area contributed by atoms with Crippen LogP contribution in [0.1, 0.15) is 30.2 Å². The molecule has 1 fully saturated rings. The molecule has 0 bridgehead atoms. The second-order valence-electron chi connectivity index (χ2n) is 5.76. The van der Waals surface area contributed by atoms with Gasteiger partial charge in [0.1, 0.15) is 5.76 Å². The van der Waals surface area contributed by atoms with E-state index in [1.54, 1.807) is 12.3 Å². The number of rotatable bonds is 6. The van der Waals surface area contributed by atoms with Crippen LogP contribution >= 0.6 is 0 Å². The first-order valence-electron chi connectivity index (χ1n) is 8.11. The van der Waals surface area contributed by atoms with Gasteiger partial charge in [0, 0.05) is 12.6 Å². The Bertz CT molecular complexity index is 629. The molecule has 1 amide bonds. The van der Waals surface area contributed by atoms with Crippen LogP contribution in [0.4, 0.5) is 0 Å². The first-order chi connectivity index (χ1) is 11.3. The van der Waals surface area contributed by atoms with Crippen LogP contribution in [0.25, 0.3) is 6.08 Å². The zero-order chi connectivity index (χ0) is 15.9. The molecule has 23 heavy (non-hydrogen) atoms. The molecular formula is C19H22N2O2. The predicted molar refractivity (Wildman–Crippen MR) is 90.7 cm³/mol. The molecule has 0 aliphatic carbocycles. The van der Waals surface area contributed by atoms with E-state index in [1.165, 1.54) is 12.8 Å². The first kappa shape index (κ1) is 15.6. The summed E-state index contributed by atoms with van der Waals surface area (Å²) in [5.74, 6) is 0.837. The quantitative estimate of drug-likeness (QED) is 0.833. The maximum Gasteiger partial charge on any atom is 0.244 e. The summed E-state index contributed by atoms with van der Waals surface area (Å²) in [5, 5.41) is 2.99. The van der Waals surface area contributed by atoms with Crippen molar-refractivity contribution in [3.63, 3.8) is 0 Å². The molecule has 1 atom stereocenters.